The standard InChI is InChI=1S/C38H45N7O2/c39-22-25-46-27-28-47-26-24-41-37-42-36(40-23-21-35(33-17-9-3-10-18-33)34-19-11-4-12-20-34)43-38(44-37)45(29-31-13-5-1-6-14-31)30-32-15-7-2-8-16-32/h1-20,35H,21-30,39H2,(H2,40,41,42,43,44). The first-order valence-electron chi connectivity index (χ1n) is 16.3. The van der Waals surface area contributed by atoms with Gasteiger partial charge in [-0.25, -0.2) is 0 Å². The molecule has 0 radical (unpaired) electrons. The molecule has 0 spiro atoms. The number of ether oxygens (including phenoxy) is 2. The minimum Gasteiger partial charge on any atom is -0.378 e. The van der Waals surface area contributed by atoms with E-state index < -0.39 is 0 Å². The summed E-state index contributed by atoms with van der Waals surface area (Å²) in [6.45, 7) is 5.06. The summed E-state index contributed by atoms with van der Waals surface area (Å²) in [4.78, 5) is 16.8. The second-order valence-electron chi connectivity index (χ2n) is 11.1. The number of hydrogen-bond acceptors (Lipinski definition) is 9. The molecule has 0 atom stereocenters. The zero-order valence-corrected chi connectivity index (χ0v) is 26.9. The van der Waals surface area contributed by atoms with Gasteiger partial charge in [-0.3, -0.25) is 0 Å². The van der Waals surface area contributed by atoms with E-state index in [1.54, 1.807) is 0 Å². The molecule has 4 aromatic carbocycles. The molecule has 0 amide bonds. The Labute approximate surface area is 278 Å². The van der Waals surface area contributed by atoms with Crippen LogP contribution in [0.1, 0.15) is 34.6 Å². The quantitative estimate of drug-likeness (QED) is 0.0876. The van der Waals surface area contributed by atoms with Gasteiger partial charge in [0.05, 0.1) is 26.4 Å². The Bertz CT molecular complexity index is 1480. The highest BCUT2D eigenvalue weighted by Crippen LogP contribution is 2.28. The van der Waals surface area contributed by atoms with Gasteiger partial charge in [0, 0.05) is 38.6 Å². The van der Waals surface area contributed by atoms with Crippen molar-refractivity contribution >= 4 is 17.8 Å². The van der Waals surface area contributed by atoms with Crippen LogP contribution in [0.15, 0.2) is 121 Å². The average Bonchev–Trinajstić information content (AvgIpc) is 3.12. The summed E-state index contributed by atoms with van der Waals surface area (Å²) in [5.41, 5.74) is 10.4. The minimum atomic E-state index is 0.238. The summed E-state index contributed by atoms with van der Waals surface area (Å²) in [6, 6.07) is 42.1. The molecule has 1 heterocycles. The first kappa shape index (κ1) is 33.5. The smallest absolute Gasteiger partial charge is 0.232 e. The Morgan fingerprint density at radius 3 is 1.53 bits per heavy atom. The van der Waals surface area contributed by atoms with E-state index in [-0.39, 0.29) is 5.92 Å². The molecule has 0 unspecified atom stereocenters. The highest BCUT2D eigenvalue weighted by atomic mass is 16.5. The molecule has 0 saturated carbocycles. The van der Waals surface area contributed by atoms with E-state index in [4.69, 9.17) is 30.2 Å². The van der Waals surface area contributed by atoms with Crippen molar-refractivity contribution in [3.63, 3.8) is 0 Å². The third kappa shape index (κ3) is 11.2. The van der Waals surface area contributed by atoms with Gasteiger partial charge in [0.15, 0.2) is 0 Å². The maximum atomic E-state index is 5.72. The summed E-state index contributed by atoms with van der Waals surface area (Å²) >= 11 is 0. The van der Waals surface area contributed by atoms with Crippen LogP contribution in [0.25, 0.3) is 0 Å². The molecule has 0 fully saturated rings. The van der Waals surface area contributed by atoms with Gasteiger partial charge < -0.3 is 30.7 Å². The van der Waals surface area contributed by atoms with Crippen LogP contribution < -0.4 is 21.3 Å². The molecule has 0 aliphatic carbocycles. The monoisotopic (exact) mass is 631 g/mol. The molecule has 47 heavy (non-hydrogen) atoms. The normalized spacial score (nSPS) is 11.0. The van der Waals surface area contributed by atoms with Gasteiger partial charge in [-0.1, -0.05) is 121 Å². The summed E-state index contributed by atoms with van der Waals surface area (Å²) in [5, 5.41) is 6.87. The minimum absolute atomic E-state index is 0.238. The summed E-state index contributed by atoms with van der Waals surface area (Å²) < 4.78 is 11.1. The maximum Gasteiger partial charge on any atom is 0.232 e. The number of rotatable bonds is 20. The summed E-state index contributed by atoms with van der Waals surface area (Å²) in [5.74, 6) is 1.85. The lowest BCUT2D eigenvalue weighted by Crippen LogP contribution is -2.26. The van der Waals surface area contributed by atoms with E-state index in [9.17, 15) is 0 Å². The fourth-order valence-corrected chi connectivity index (χ4v) is 5.33. The van der Waals surface area contributed by atoms with E-state index in [0.29, 0.717) is 77.0 Å². The van der Waals surface area contributed by atoms with Crippen LogP contribution in [-0.2, 0) is 22.6 Å². The van der Waals surface area contributed by atoms with Gasteiger partial charge in [0.2, 0.25) is 17.8 Å². The molecule has 4 N–H and O–H groups in total. The van der Waals surface area contributed by atoms with Crippen LogP contribution in [0, 0.1) is 0 Å². The lowest BCUT2D eigenvalue weighted by Gasteiger charge is -2.24. The predicted molar refractivity (Wildman–Crippen MR) is 190 cm³/mol. The fraction of sp³-hybridized carbons (Fsp3) is 0.289. The summed E-state index contributed by atoms with van der Waals surface area (Å²) in [7, 11) is 0. The van der Waals surface area contributed by atoms with Crippen molar-refractivity contribution in [3.8, 4) is 0 Å². The molecule has 0 aliphatic heterocycles. The highest BCUT2D eigenvalue weighted by Gasteiger charge is 2.17. The van der Waals surface area contributed by atoms with Crippen molar-refractivity contribution in [2.75, 3.05) is 61.6 Å². The van der Waals surface area contributed by atoms with Gasteiger partial charge in [-0.2, -0.15) is 15.0 Å². The van der Waals surface area contributed by atoms with Crippen molar-refractivity contribution in [3.05, 3.63) is 144 Å². The molecule has 9 nitrogen and oxygen atoms in total. The van der Waals surface area contributed by atoms with Crippen LogP contribution in [0.4, 0.5) is 17.8 Å². The second-order valence-corrected chi connectivity index (χ2v) is 11.1. The molecule has 1 aromatic heterocycles. The van der Waals surface area contributed by atoms with Crippen molar-refractivity contribution < 1.29 is 9.47 Å². The average molecular weight is 632 g/mol. The van der Waals surface area contributed by atoms with E-state index in [1.165, 1.54) is 22.3 Å². The van der Waals surface area contributed by atoms with E-state index in [2.05, 4.69) is 125 Å². The predicted octanol–water partition coefficient (Wildman–Crippen LogP) is 6.12. The van der Waals surface area contributed by atoms with Crippen LogP contribution >= 0.6 is 0 Å². The Balaban J connectivity index is 1.34. The largest absolute Gasteiger partial charge is 0.378 e. The van der Waals surface area contributed by atoms with Gasteiger partial charge in [-0.15, -0.1) is 0 Å². The number of nitrogens with one attached hydrogen (secondary N) is 2. The number of aromatic nitrogens is 3. The zero-order valence-electron chi connectivity index (χ0n) is 26.9. The van der Waals surface area contributed by atoms with Crippen molar-refractivity contribution in [2.45, 2.75) is 25.4 Å². The Morgan fingerprint density at radius 1 is 0.553 bits per heavy atom. The SMILES string of the molecule is NCCOCCOCCNc1nc(NCCC(c2ccccc2)c2ccccc2)nc(N(Cc2ccccc2)Cc2ccccc2)n1. The zero-order chi connectivity index (χ0) is 32.4. The lowest BCUT2D eigenvalue weighted by atomic mass is 9.88. The highest BCUT2D eigenvalue weighted by molar-refractivity contribution is 5.45. The summed E-state index contributed by atoms with van der Waals surface area (Å²) in [6.07, 6.45) is 0.871. The van der Waals surface area contributed by atoms with Crippen molar-refractivity contribution in [2.24, 2.45) is 5.73 Å². The van der Waals surface area contributed by atoms with Crippen molar-refractivity contribution in [1.82, 2.24) is 15.0 Å². The van der Waals surface area contributed by atoms with Gasteiger partial charge in [0.1, 0.15) is 0 Å². The second kappa shape index (κ2) is 19.0. The van der Waals surface area contributed by atoms with Crippen LogP contribution in [0.3, 0.4) is 0 Å². The molecular formula is C38H45N7O2. The first-order chi connectivity index (χ1) is 23.3. The van der Waals surface area contributed by atoms with Crippen LogP contribution in [0.5, 0.6) is 0 Å². The third-order valence-electron chi connectivity index (χ3n) is 7.62. The molecule has 0 bridgehead atoms. The Kier molecular flexibility index (Phi) is 13.5. The Morgan fingerprint density at radius 2 is 1.02 bits per heavy atom. The number of benzene rings is 4. The van der Waals surface area contributed by atoms with E-state index in [0.717, 1.165) is 6.42 Å². The van der Waals surface area contributed by atoms with Crippen molar-refractivity contribution in [1.29, 1.82) is 0 Å². The number of hydrogen-bond donors (Lipinski definition) is 3. The third-order valence-corrected chi connectivity index (χ3v) is 7.62. The molecule has 244 valence electrons. The van der Waals surface area contributed by atoms with Gasteiger partial charge in [0.25, 0.3) is 0 Å². The maximum absolute atomic E-state index is 5.72. The fourth-order valence-electron chi connectivity index (χ4n) is 5.33. The topological polar surface area (TPSA) is 110 Å². The van der Waals surface area contributed by atoms with Gasteiger partial charge >= 0.3 is 0 Å². The van der Waals surface area contributed by atoms with Crippen LogP contribution in [0.2, 0.25) is 0 Å². The molecule has 5 rings (SSSR count). The van der Waals surface area contributed by atoms with E-state index in [1.807, 2.05) is 12.1 Å². The first-order valence-corrected chi connectivity index (χ1v) is 16.3. The molecule has 9 heteroatoms. The molecular weight excluding hydrogens is 586 g/mol. The Hall–Kier alpha value is -4.83. The number of nitrogens with zero attached hydrogens (tertiary/aromatic N) is 4. The molecule has 5 aromatic rings. The van der Waals surface area contributed by atoms with Crippen LogP contribution in [-0.4, -0.2) is 61.0 Å². The lowest BCUT2D eigenvalue weighted by molar-refractivity contribution is 0.0547. The molecule has 0 saturated heterocycles. The number of anilines is 3. The number of nitrogens with two attached hydrogens (primary N) is 1. The molecule has 0 aliphatic rings. The van der Waals surface area contributed by atoms with E-state index >= 15 is 0 Å². The van der Waals surface area contributed by atoms with Gasteiger partial charge in [-0.05, 0) is 28.7 Å².